The Bertz CT molecular complexity index is 2040. The predicted molar refractivity (Wildman–Crippen MR) is 156 cm³/mol. The third kappa shape index (κ3) is 2.90. The molecule has 1 aliphatic carbocycles. The van der Waals surface area contributed by atoms with Crippen LogP contribution in [0.3, 0.4) is 0 Å². The van der Waals surface area contributed by atoms with E-state index in [2.05, 4.69) is 115 Å². The third-order valence-corrected chi connectivity index (χ3v) is 8.22. The number of pyridine rings is 2. The SMILES string of the molecule is CC1(C)c2ccccc2-c2cc(-c3ccc(-c4nc5ccccc5c5nc6ccccn6c45)cc3)ccc21. The van der Waals surface area contributed by atoms with Gasteiger partial charge in [0.1, 0.15) is 11.2 Å². The molecule has 3 nitrogen and oxygen atoms in total. The van der Waals surface area contributed by atoms with Crippen molar-refractivity contribution in [2.24, 2.45) is 0 Å². The molecule has 0 unspecified atom stereocenters. The molecule has 0 aliphatic heterocycles. The van der Waals surface area contributed by atoms with Gasteiger partial charge in [0.2, 0.25) is 0 Å². The summed E-state index contributed by atoms with van der Waals surface area (Å²) in [6.07, 6.45) is 2.07. The van der Waals surface area contributed by atoms with Gasteiger partial charge in [-0.05, 0) is 57.6 Å². The van der Waals surface area contributed by atoms with Gasteiger partial charge in [-0.1, -0.05) is 98.8 Å². The summed E-state index contributed by atoms with van der Waals surface area (Å²) < 4.78 is 2.15. The van der Waals surface area contributed by atoms with Crippen molar-refractivity contribution in [1.82, 2.24) is 14.4 Å². The summed E-state index contributed by atoms with van der Waals surface area (Å²) in [6, 6.07) is 39.0. The first-order valence-corrected chi connectivity index (χ1v) is 13.1. The van der Waals surface area contributed by atoms with Crippen molar-refractivity contribution in [3.05, 3.63) is 127 Å². The van der Waals surface area contributed by atoms with Crippen LogP contribution in [0.25, 0.3) is 61.1 Å². The first-order chi connectivity index (χ1) is 18.6. The molecule has 8 rings (SSSR count). The number of aromatic nitrogens is 3. The van der Waals surface area contributed by atoms with Crippen molar-refractivity contribution < 1.29 is 0 Å². The number of hydrogen-bond acceptors (Lipinski definition) is 2. The van der Waals surface area contributed by atoms with Gasteiger partial charge in [0, 0.05) is 22.6 Å². The second-order valence-electron chi connectivity index (χ2n) is 10.7. The molecule has 180 valence electrons. The summed E-state index contributed by atoms with van der Waals surface area (Å²) in [6.45, 7) is 4.65. The Kier molecular flexibility index (Phi) is 4.28. The first kappa shape index (κ1) is 21.3. The molecule has 1 aliphatic rings. The summed E-state index contributed by atoms with van der Waals surface area (Å²) >= 11 is 0. The molecule has 0 atom stereocenters. The number of hydrogen-bond donors (Lipinski definition) is 0. The number of imidazole rings is 1. The first-order valence-electron chi connectivity index (χ1n) is 13.1. The van der Waals surface area contributed by atoms with Crippen molar-refractivity contribution in [1.29, 1.82) is 0 Å². The molecule has 7 aromatic rings. The highest BCUT2D eigenvalue weighted by Gasteiger charge is 2.35. The number of benzene rings is 4. The fourth-order valence-electron chi connectivity index (χ4n) is 6.28. The Morgan fingerprint density at radius 2 is 1.32 bits per heavy atom. The minimum absolute atomic E-state index is 0.0233. The van der Waals surface area contributed by atoms with E-state index in [0.717, 1.165) is 38.8 Å². The van der Waals surface area contributed by atoms with E-state index < -0.39 is 0 Å². The van der Waals surface area contributed by atoms with Crippen LogP contribution in [0.4, 0.5) is 0 Å². The van der Waals surface area contributed by atoms with Gasteiger partial charge in [-0.25, -0.2) is 9.97 Å². The molecular weight excluding hydrogens is 462 g/mol. The fraction of sp³-hybridized carbons (Fsp3) is 0.0857. The highest BCUT2D eigenvalue weighted by molar-refractivity contribution is 6.09. The second-order valence-corrected chi connectivity index (χ2v) is 10.7. The second kappa shape index (κ2) is 7.62. The number of fused-ring (bicyclic) bond motifs is 8. The maximum atomic E-state index is 5.13. The van der Waals surface area contributed by atoms with E-state index in [4.69, 9.17) is 9.97 Å². The highest BCUT2D eigenvalue weighted by atomic mass is 15.0. The molecule has 0 radical (unpaired) electrons. The maximum Gasteiger partial charge on any atom is 0.137 e. The standard InChI is InChI=1S/C35H25N3/c1-35(2)28-11-5-3-9-25(28)27-21-24(18-19-29(27)35)22-14-16-23(17-15-22)32-34-33(26-10-4-6-12-30(26)36-32)37-31-13-7-8-20-38(31)34/h3-21H,1-2H3. The van der Waals surface area contributed by atoms with Gasteiger partial charge in [-0.15, -0.1) is 0 Å². The van der Waals surface area contributed by atoms with Crippen LogP contribution in [0.1, 0.15) is 25.0 Å². The maximum absolute atomic E-state index is 5.13. The summed E-state index contributed by atoms with van der Waals surface area (Å²) in [7, 11) is 0. The number of rotatable bonds is 2. The molecular formula is C35H25N3. The highest BCUT2D eigenvalue weighted by Crippen LogP contribution is 2.49. The van der Waals surface area contributed by atoms with Crippen LogP contribution in [0, 0.1) is 0 Å². The average Bonchev–Trinajstić information content (AvgIpc) is 3.46. The normalized spacial score (nSPS) is 13.7. The fourth-order valence-corrected chi connectivity index (χ4v) is 6.28. The Morgan fingerprint density at radius 1 is 0.605 bits per heavy atom. The van der Waals surface area contributed by atoms with E-state index in [0.29, 0.717) is 0 Å². The molecule has 0 bridgehead atoms. The molecule has 3 heterocycles. The van der Waals surface area contributed by atoms with Crippen LogP contribution >= 0.6 is 0 Å². The van der Waals surface area contributed by atoms with E-state index >= 15 is 0 Å². The van der Waals surface area contributed by atoms with Gasteiger partial charge in [-0.3, -0.25) is 4.40 Å². The quantitative estimate of drug-likeness (QED) is 0.244. The van der Waals surface area contributed by atoms with Gasteiger partial charge in [-0.2, -0.15) is 0 Å². The van der Waals surface area contributed by atoms with E-state index in [1.54, 1.807) is 0 Å². The summed E-state index contributed by atoms with van der Waals surface area (Å²) in [5, 5.41) is 1.08. The molecule has 0 saturated carbocycles. The molecule has 3 aromatic heterocycles. The van der Waals surface area contributed by atoms with E-state index in [-0.39, 0.29) is 5.41 Å². The molecule has 38 heavy (non-hydrogen) atoms. The molecule has 0 spiro atoms. The lowest BCUT2D eigenvalue weighted by atomic mass is 9.82. The van der Waals surface area contributed by atoms with E-state index in [9.17, 15) is 0 Å². The van der Waals surface area contributed by atoms with Gasteiger partial charge in [0.15, 0.2) is 0 Å². The monoisotopic (exact) mass is 487 g/mol. The largest absolute Gasteiger partial charge is 0.298 e. The predicted octanol–water partition coefficient (Wildman–Crippen LogP) is 8.68. The van der Waals surface area contributed by atoms with Crippen LogP contribution in [0.2, 0.25) is 0 Å². The zero-order valence-corrected chi connectivity index (χ0v) is 21.3. The lowest BCUT2D eigenvalue weighted by Crippen LogP contribution is -2.14. The molecule has 0 saturated heterocycles. The van der Waals surface area contributed by atoms with E-state index in [1.807, 2.05) is 18.2 Å². The van der Waals surface area contributed by atoms with Gasteiger partial charge >= 0.3 is 0 Å². The molecule has 0 N–H and O–H groups in total. The van der Waals surface area contributed by atoms with Crippen molar-refractivity contribution in [3.8, 4) is 33.5 Å². The Hall–Kier alpha value is -4.76. The summed E-state index contributed by atoms with van der Waals surface area (Å²) in [5.41, 5.74) is 13.9. The van der Waals surface area contributed by atoms with Crippen LogP contribution in [-0.2, 0) is 5.41 Å². The van der Waals surface area contributed by atoms with Crippen LogP contribution in [-0.4, -0.2) is 14.4 Å². The van der Waals surface area contributed by atoms with Crippen molar-refractivity contribution in [2.45, 2.75) is 19.3 Å². The Balaban J connectivity index is 1.28. The molecule has 0 fully saturated rings. The minimum Gasteiger partial charge on any atom is -0.298 e. The van der Waals surface area contributed by atoms with Crippen LogP contribution in [0.15, 0.2) is 115 Å². The topological polar surface area (TPSA) is 30.2 Å². The summed E-state index contributed by atoms with van der Waals surface area (Å²) in [5.74, 6) is 0. The van der Waals surface area contributed by atoms with E-state index in [1.165, 1.54) is 33.4 Å². The lowest BCUT2D eigenvalue weighted by molar-refractivity contribution is 0.660. The molecule has 3 heteroatoms. The number of nitrogens with zero attached hydrogens (tertiary/aromatic N) is 3. The average molecular weight is 488 g/mol. The zero-order valence-electron chi connectivity index (χ0n) is 21.3. The summed E-state index contributed by atoms with van der Waals surface area (Å²) in [4.78, 5) is 10.1. The van der Waals surface area contributed by atoms with Gasteiger partial charge in [0.25, 0.3) is 0 Å². The minimum atomic E-state index is 0.0233. The zero-order chi connectivity index (χ0) is 25.4. The molecule has 0 amide bonds. The van der Waals surface area contributed by atoms with Gasteiger partial charge in [0.05, 0.1) is 16.7 Å². The molecule has 4 aromatic carbocycles. The Morgan fingerprint density at radius 3 is 2.21 bits per heavy atom. The lowest BCUT2D eigenvalue weighted by Gasteiger charge is -2.21. The smallest absolute Gasteiger partial charge is 0.137 e. The van der Waals surface area contributed by atoms with Crippen LogP contribution in [0.5, 0.6) is 0 Å². The third-order valence-electron chi connectivity index (χ3n) is 8.22. The van der Waals surface area contributed by atoms with Crippen molar-refractivity contribution >= 4 is 27.6 Å². The number of para-hydroxylation sites is 1. The van der Waals surface area contributed by atoms with Crippen LogP contribution < -0.4 is 0 Å². The van der Waals surface area contributed by atoms with Gasteiger partial charge < -0.3 is 0 Å². The van der Waals surface area contributed by atoms with Crippen molar-refractivity contribution in [3.63, 3.8) is 0 Å². The van der Waals surface area contributed by atoms with Crippen molar-refractivity contribution in [2.75, 3.05) is 0 Å². The Labute approximate surface area is 221 Å².